The second-order valence-electron chi connectivity index (χ2n) is 5.38. The second kappa shape index (κ2) is 4.54. The number of methoxy groups -OCH3 is 1. The highest BCUT2D eigenvalue weighted by Gasteiger charge is 2.40. The predicted molar refractivity (Wildman–Crippen MR) is 75.9 cm³/mol. The van der Waals surface area contributed by atoms with E-state index in [1.54, 1.807) is 26.0 Å². The van der Waals surface area contributed by atoms with Crippen LogP contribution in [0.1, 0.15) is 25.2 Å². The van der Waals surface area contributed by atoms with E-state index in [4.69, 9.17) is 4.74 Å². The van der Waals surface area contributed by atoms with Gasteiger partial charge in [0.1, 0.15) is 29.3 Å². The van der Waals surface area contributed by atoms with Gasteiger partial charge in [0.25, 0.3) is 5.91 Å². The minimum absolute atomic E-state index is 0.178. The van der Waals surface area contributed by atoms with Crippen LogP contribution >= 0.6 is 0 Å². The quantitative estimate of drug-likeness (QED) is 0.906. The number of carbonyl (C=O) groups is 1. The van der Waals surface area contributed by atoms with E-state index in [2.05, 4.69) is 20.5 Å². The number of carbonyl (C=O) groups excluding carboxylic acids is 1. The molecule has 6 nitrogen and oxygen atoms in total. The molecule has 2 aromatic rings. The molecular weight excluding hydrogens is 275 g/mol. The Morgan fingerprint density at radius 2 is 2.14 bits per heavy atom. The molecule has 3 rings (SSSR count). The summed E-state index contributed by atoms with van der Waals surface area (Å²) in [6.45, 7) is 2.87. The number of ether oxygens (including phenoxy) is 1. The van der Waals surface area contributed by atoms with Gasteiger partial charge in [-0.3, -0.25) is 4.79 Å². The number of H-pyrrole nitrogens is 1. The van der Waals surface area contributed by atoms with Gasteiger partial charge in [-0.15, -0.1) is 0 Å². The van der Waals surface area contributed by atoms with E-state index in [1.165, 1.54) is 7.11 Å². The van der Waals surface area contributed by atoms with Gasteiger partial charge in [-0.2, -0.15) is 5.10 Å². The Hall–Kier alpha value is -2.44. The lowest BCUT2D eigenvalue weighted by atomic mass is 9.83. The van der Waals surface area contributed by atoms with Crippen molar-refractivity contribution in [2.75, 3.05) is 7.11 Å². The molecule has 0 atom stereocenters. The number of nitrogens with zero attached hydrogens (tertiary/aromatic N) is 2. The average molecular weight is 290 g/mol. The van der Waals surface area contributed by atoms with Gasteiger partial charge in [0.2, 0.25) is 0 Å². The van der Waals surface area contributed by atoms with Crippen LogP contribution in [0.5, 0.6) is 5.75 Å². The summed E-state index contributed by atoms with van der Waals surface area (Å²) in [7, 11) is 1.53. The van der Waals surface area contributed by atoms with Gasteiger partial charge >= 0.3 is 0 Å². The highest BCUT2D eigenvalue weighted by Crippen LogP contribution is 2.33. The first-order valence-electron chi connectivity index (χ1n) is 6.49. The molecule has 1 aromatic carbocycles. The minimum atomic E-state index is -0.768. The molecule has 1 aromatic heterocycles. The Bertz CT molecular complexity index is 764. The third-order valence-corrected chi connectivity index (χ3v) is 3.69. The van der Waals surface area contributed by atoms with Crippen LogP contribution in [-0.4, -0.2) is 28.7 Å². The zero-order valence-electron chi connectivity index (χ0n) is 12.0. The Balaban J connectivity index is 2.25. The summed E-state index contributed by atoms with van der Waals surface area (Å²) in [5, 5.41) is 4.11. The number of nitrogens with one attached hydrogen (secondary N) is 2. The van der Waals surface area contributed by atoms with Crippen molar-refractivity contribution in [3.63, 3.8) is 0 Å². The summed E-state index contributed by atoms with van der Waals surface area (Å²) in [6, 6.07) is 3.53. The lowest BCUT2D eigenvalue weighted by Gasteiger charge is -2.17. The van der Waals surface area contributed by atoms with Crippen LogP contribution in [0.15, 0.2) is 17.2 Å². The average Bonchev–Trinajstić information content (AvgIpc) is 3.01. The van der Waals surface area contributed by atoms with E-state index in [1.807, 2.05) is 0 Å². The van der Waals surface area contributed by atoms with Crippen molar-refractivity contribution in [2.24, 2.45) is 10.5 Å². The second-order valence-corrected chi connectivity index (χ2v) is 5.38. The van der Waals surface area contributed by atoms with Gasteiger partial charge < -0.3 is 9.72 Å². The lowest BCUT2D eigenvalue weighted by molar-refractivity contribution is -0.125. The van der Waals surface area contributed by atoms with E-state index >= 15 is 0 Å². The Morgan fingerprint density at radius 1 is 1.38 bits per heavy atom. The molecule has 0 saturated heterocycles. The SMILES string of the molecule is COc1ccc(C2=NNC(=O)C2(C)C)c2nc(CF)[nH]c12. The highest BCUT2D eigenvalue weighted by atomic mass is 19.1. The maximum absolute atomic E-state index is 12.9. The van der Waals surface area contributed by atoms with Crippen LogP contribution in [0, 0.1) is 5.41 Å². The summed E-state index contributed by atoms with van der Waals surface area (Å²) in [5.74, 6) is 0.603. The number of aromatic amines is 1. The molecule has 110 valence electrons. The summed E-state index contributed by atoms with van der Waals surface area (Å²) < 4.78 is 18.2. The molecule has 0 unspecified atom stereocenters. The van der Waals surface area contributed by atoms with Gasteiger partial charge in [-0.05, 0) is 26.0 Å². The van der Waals surface area contributed by atoms with Crippen LogP contribution in [0.4, 0.5) is 4.39 Å². The van der Waals surface area contributed by atoms with E-state index < -0.39 is 12.1 Å². The van der Waals surface area contributed by atoms with Gasteiger partial charge in [-0.1, -0.05) is 0 Å². The number of imidazole rings is 1. The summed E-state index contributed by atoms with van der Waals surface area (Å²) >= 11 is 0. The molecule has 2 N–H and O–H groups in total. The van der Waals surface area contributed by atoms with E-state index in [9.17, 15) is 9.18 Å². The first-order chi connectivity index (χ1) is 9.98. The molecule has 0 saturated carbocycles. The molecule has 0 aliphatic carbocycles. The molecule has 0 bridgehead atoms. The number of hydrazone groups is 1. The Kier molecular flexibility index (Phi) is 2.93. The molecule has 1 amide bonds. The summed E-state index contributed by atoms with van der Waals surface area (Å²) in [6.07, 6.45) is 0. The van der Waals surface area contributed by atoms with E-state index in [-0.39, 0.29) is 11.7 Å². The van der Waals surface area contributed by atoms with Crippen molar-refractivity contribution in [1.82, 2.24) is 15.4 Å². The Labute approximate surface area is 120 Å². The molecule has 2 heterocycles. The molecule has 0 spiro atoms. The number of benzene rings is 1. The zero-order chi connectivity index (χ0) is 15.2. The first-order valence-corrected chi connectivity index (χ1v) is 6.49. The summed E-state index contributed by atoms with van der Waals surface area (Å²) in [5.41, 5.74) is 4.12. The number of amides is 1. The normalized spacial score (nSPS) is 17.0. The minimum Gasteiger partial charge on any atom is -0.494 e. The molecule has 21 heavy (non-hydrogen) atoms. The van der Waals surface area contributed by atoms with Crippen molar-refractivity contribution in [3.8, 4) is 5.75 Å². The smallest absolute Gasteiger partial charge is 0.251 e. The number of halogens is 1. The molecule has 7 heteroatoms. The molecule has 0 fully saturated rings. The fraction of sp³-hybridized carbons (Fsp3) is 0.357. The van der Waals surface area contributed by atoms with Crippen LogP contribution in [0.2, 0.25) is 0 Å². The molecular formula is C14H15FN4O2. The number of hydrogen-bond donors (Lipinski definition) is 2. The maximum atomic E-state index is 12.9. The first kappa shape index (κ1) is 13.5. The summed E-state index contributed by atoms with van der Waals surface area (Å²) in [4.78, 5) is 19.0. The fourth-order valence-electron chi connectivity index (χ4n) is 2.43. The van der Waals surface area contributed by atoms with Crippen LogP contribution in [0.25, 0.3) is 11.0 Å². The number of hydrogen-bond acceptors (Lipinski definition) is 4. The van der Waals surface area contributed by atoms with Crippen molar-refractivity contribution in [1.29, 1.82) is 0 Å². The molecule has 1 aliphatic rings. The number of fused-ring (bicyclic) bond motifs is 1. The lowest BCUT2D eigenvalue weighted by Crippen LogP contribution is -2.32. The van der Waals surface area contributed by atoms with Gasteiger partial charge in [0.15, 0.2) is 0 Å². The molecule has 1 aliphatic heterocycles. The standard InChI is InChI=1S/C14H15FN4O2/c1-14(2)12(18-19-13(14)20)7-4-5-8(21-3)11-10(7)16-9(6-15)17-11/h4-5H,6H2,1-3H3,(H,16,17)(H,19,20). The van der Waals surface area contributed by atoms with E-state index in [0.717, 1.165) is 0 Å². The van der Waals surface area contributed by atoms with Gasteiger partial charge in [0, 0.05) is 5.56 Å². The van der Waals surface area contributed by atoms with Gasteiger partial charge in [-0.25, -0.2) is 14.8 Å². The van der Waals surface area contributed by atoms with Crippen molar-refractivity contribution in [3.05, 3.63) is 23.5 Å². The number of rotatable bonds is 3. The van der Waals surface area contributed by atoms with Crippen molar-refractivity contribution < 1.29 is 13.9 Å². The fourth-order valence-corrected chi connectivity index (χ4v) is 2.43. The van der Waals surface area contributed by atoms with Crippen molar-refractivity contribution >= 4 is 22.7 Å². The number of alkyl halides is 1. The van der Waals surface area contributed by atoms with Crippen LogP contribution in [-0.2, 0) is 11.5 Å². The van der Waals surface area contributed by atoms with Crippen LogP contribution < -0.4 is 10.2 Å². The molecule has 0 radical (unpaired) electrons. The number of aromatic nitrogens is 2. The monoisotopic (exact) mass is 290 g/mol. The highest BCUT2D eigenvalue weighted by molar-refractivity contribution is 6.23. The zero-order valence-corrected chi connectivity index (χ0v) is 12.0. The maximum Gasteiger partial charge on any atom is 0.251 e. The Morgan fingerprint density at radius 3 is 2.71 bits per heavy atom. The topological polar surface area (TPSA) is 79.4 Å². The third-order valence-electron chi connectivity index (χ3n) is 3.69. The predicted octanol–water partition coefficient (Wildman–Crippen LogP) is 1.90. The van der Waals surface area contributed by atoms with Crippen LogP contribution in [0.3, 0.4) is 0 Å². The largest absolute Gasteiger partial charge is 0.494 e. The third kappa shape index (κ3) is 1.88. The van der Waals surface area contributed by atoms with Crippen molar-refractivity contribution in [2.45, 2.75) is 20.5 Å². The van der Waals surface area contributed by atoms with E-state index in [0.29, 0.717) is 28.1 Å². The van der Waals surface area contributed by atoms with Gasteiger partial charge in [0.05, 0.1) is 18.2 Å².